The predicted octanol–water partition coefficient (Wildman–Crippen LogP) is 1.98. The lowest BCUT2D eigenvalue weighted by molar-refractivity contribution is -0.138. The Kier molecular flexibility index (Phi) is 3.35. The molecule has 4 unspecified atom stereocenters. The second kappa shape index (κ2) is 4.84. The fourth-order valence-electron chi connectivity index (χ4n) is 4.33. The summed E-state index contributed by atoms with van der Waals surface area (Å²) in [4.78, 5) is 16.9. The van der Waals surface area contributed by atoms with E-state index in [4.69, 9.17) is 0 Å². The van der Waals surface area contributed by atoms with Gasteiger partial charge in [-0.2, -0.15) is 0 Å². The largest absolute Gasteiger partial charge is 0.341 e. The summed E-state index contributed by atoms with van der Waals surface area (Å²) in [6.45, 7) is 8.35. The number of carbonyl (C=O) groups is 1. The molecule has 0 N–H and O–H groups in total. The Morgan fingerprint density at radius 3 is 2.50 bits per heavy atom. The minimum absolute atomic E-state index is 0.374. The Bertz CT molecular complexity index is 320. The number of hydrogen-bond donors (Lipinski definition) is 0. The van der Waals surface area contributed by atoms with Crippen molar-refractivity contribution in [3.63, 3.8) is 0 Å². The second-order valence-electron chi connectivity index (χ2n) is 6.93. The maximum Gasteiger partial charge on any atom is 0.236 e. The van der Waals surface area contributed by atoms with Crippen molar-refractivity contribution >= 4 is 5.91 Å². The van der Waals surface area contributed by atoms with Crippen molar-refractivity contribution in [1.82, 2.24) is 9.80 Å². The highest BCUT2D eigenvalue weighted by atomic mass is 16.2. The monoisotopic (exact) mass is 250 g/mol. The number of nitrogens with zero attached hydrogens (tertiary/aromatic N) is 2. The summed E-state index contributed by atoms with van der Waals surface area (Å²) >= 11 is 0. The summed E-state index contributed by atoms with van der Waals surface area (Å²) in [7, 11) is 0. The van der Waals surface area contributed by atoms with Gasteiger partial charge in [-0.3, -0.25) is 9.69 Å². The average molecular weight is 250 g/mol. The Hall–Kier alpha value is -0.570. The third-order valence-electron chi connectivity index (χ3n) is 5.12. The lowest BCUT2D eigenvalue weighted by atomic mass is 9.90. The highest BCUT2D eigenvalue weighted by molar-refractivity contribution is 5.78. The van der Waals surface area contributed by atoms with Crippen LogP contribution in [0.4, 0.5) is 0 Å². The summed E-state index contributed by atoms with van der Waals surface area (Å²) in [5, 5.41) is 0. The first-order chi connectivity index (χ1) is 8.63. The molecule has 1 amide bonds. The molecule has 2 saturated heterocycles. The molecule has 3 nitrogen and oxygen atoms in total. The molecule has 0 spiro atoms. The smallest absolute Gasteiger partial charge is 0.236 e. The molecular formula is C15H26N2O. The molecule has 1 saturated carbocycles. The normalized spacial score (nSPS) is 40.4. The number of likely N-dealkylation sites (tertiary alicyclic amines) is 2. The van der Waals surface area contributed by atoms with Gasteiger partial charge in [-0.1, -0.05) is 20.3 Å². The van der Waals surface area contributed by atoms with Crippen molar-refractivity contribution in [3.8, 4) is 0 Å². The lowest BCUT2D eigenvalue weighted by Gasteiger charge is -2.45. The van der Waals surface area contributed by atoms with Gasteiger partial charge in [0.05, 0.1) is 6.54 Å². The number of hydrogen-bond acceptors (Lipinski definition) is 2. The first kappa shape index (κ1) is 12.5. The molecule has 4 atom stereocenters. The number of carbonyl (C=O) groups excluding carboxylic acids is 1. The average Bonchev–Trinajstić information content (AvgIpc) is 2.66. The Morgan fingerprint density at radius 2 is 1.83 bits per heavy atom. The second-order valence-corrected chi connectivity index (χ2v) is 6.93. The van der Waals surface area contributed by atoms with Crippen LogP contribution in [0.25, 0.3) is 0 Å². The lowest BCUT2D eigenvalue weighted by Crippen LogP contribution is -2.57. The van der Waals surface area contributed by atoms with Crippen molar-refractivity contribution in [2.24, 2.45) is 17.8 Å². The van der Waals surface area contributed by atoms with E-state index in [1.165, 1.54) is 32.2 Å². The molecule has 18 heavy (non-hydrogen) atoms. The first-order valence-electron chi connectivity index (χ1n) is 7.65. The van der Waals surface area contributed by atoms with E-state index in [0.717, 1.165) is 25.0 Å². The van der Waals surface area contributed by atoms with Gasteiger partial charge in [-0.15, -0.1) is 0 Å². The molecule has 0 radical (unpaired) electrons. The quantitative estimate of drug-likeness (QED) is 0.748. The van der Waals surface area contributed by atoms with Crippen LogP contribution in [0.1, 0.15) is 39.5 Å². The predicted molar refractivity (Wildman–Crippen MR) is 72.2 cm³/mol. The van der Waals surface area contributed by atoms with Crippen molar-refractivity contribution < 1.29 is 4.79 Å². The molecule has 0 aromatic rings. The van der Waals surface area contributed by atoms with Crippen LogP contribution in [0, 0.1) is 17.8 Å². The molecule has 2 aliphatic heterocycles. The van der Waals surface area contributed by atoms with Gasteiger partial charge in [0.1, 0.15) is 0 Å². The van der Waals surface area contributed by atoms with E-state index in [-0.39, 0.29) is 0 Å². The van der Waals surface area contributed by atoms with Crippen LogP contribution < -0.4 is 0 Å². The van der Waals surface area contributed by atoms with Gasteiger partial charge < -0.3 is 4.90 Å². The molecule has 1 aliphatic carbocycles. The van der Waals surface area contributed by atoms with Crippen molar-refractivity contribution in [2.75, 3.05) is 26.2 Å². The standard InChI is InChI=1S/C15H26N2O/c1-11-6-12(2)8-17(7-11)15(18)10-16-9-13-4-3-5-14(13)16/h11-14H,3-10H2,1-2H3. The van der Waals surface area contributed by atoms with Gasteiger partial charge in [0.2, 0.25) is 5.91 Å². The number of fused-ring (bicyclic) bond motifs is 1. The van der Waals surface area contributed by atoms with Crippen LogP contribution >= 0.6 is 0 Å². The van der Waals surface area contributed by atoms with Crippen LogP contribution in [0.2, 0.25) is 0 Å². The van der Waals surface area contributed by atoms with Crippen LogP contribution in [-0.4, -0.2) is 47.9 Å². The zero-order chi connectivity index (χ0) is 12.7. The molecule has 3 rings (SSSR count). The minimum Gasteiger partial charge on any atom is -0.341 e. The van der Waals surface area contributed by atoms with E-state index in [9.17, 15) is 4.79 Å². The molecule has 0 aromatic heterocycles. The minimum atomic E-state index is 0.374. The SMILES string of the molecule is CC1CC(C)CN(C(=O)CN2CC3CCCC32)C1. The van der Waals surface area contributed by atoms with E-state index in [1.54, 1.807) is 0 Å². The van der Waals surface area contributed by atoms with Crippen LogP contribution in [-0.2, 0) is 4.79 Å². The van der Waals surface area contributed by atoms with Crippen molar-refractivity contribution in [3.05, 3.63) is 0 Å². The van der Waals surface area contributed by atoms with Gasteiger partial charge >= 0.3 is 0 Å². The van der Waals surface area contributed by atoms with Crippen molar-refractivity contribution in [1.29, 1.82) is 0 Å². The zero-order valence-corrected chi connectivity index (χ0v) is 11.8. The van der Waals surface area contributed by atoms with Gasteiger partial charge in [0, 0.05) is 25.7 Å². The van der Waals surface area contributed by atoms with Crippen LogP contribution in [0.15, 0.2) is 0 Å². The molecule has 3 heteroatoms. The van der Waals surface area contributed by atoms with Gasteiger partial charge in [0.25, 0.3) is 0 Å². The van der Waals surface area contributed by atoms with Crippen molar-refractivity contribution in [2.45, 2.75) is 45.6 Å². The number of amides is 1. The van der Waals surface area contributed by atoms with E-state index < -0.39 is 0 Å². The molecular weight excluding hydrogens is 224 g/mol. The summed E-state index contributed by atoms with van der Waals surface area (Å²) in [5.41, 5.74) is 0. The van der Waals surface area contributed by atoms with E-state index >= 15 is 0 Å². The van der Waals surface area contributed by atoms with Crippen LogP contribution in [0.5, 0.6) is 0 Å². The fourth-order valence-corrected chi connectivity index (χ4v) is 4.33. The third-order valence-corrected chi connectivity index (χ3v) is 5.12. The molecule has 0 aromatic carbocycles. The van der Waals surface area contributed by atoms with E-state index in [1.807, 2.05) is 0 Å². The van der Waals surface area contributed by atoms with E-state index in [2.05, 4.69) is 23.6 Å². The third kappa shape index (κ3) is 2.29. The van der Waals surface area contributed by atoms with Gasteiger partial charge in [0.15, 0.2) is 0 Å². The maximum atomic E-state index is 12.4. The number of rotatable bonds is 2. The molecule has 2 heterocycles. The Morgan fingerprint density at radius 1 is 1.11 bits per heavy atom. The van der Waals surface area contributed by atoms with E-state index in [0.29, 0.717) is 24.3 Å². The Labute approximate surface area is 111 Å². The van der Waals surface area contributed by atoms with Gasteiger partial charge in [-0.25, -0.2) is 0 Å². The van der Waals surface area contributed by atoms with Crippen LogP contribution in [0.3, 0.4) is 0 Å². The number of piperidine rings is 1. The zero-order valence-electron chi connectivity index (χ0n) is 11.8. The maximum absolute atomic E-state index is 12.4. The highest BCUT2D eigenvalue weighted by Crippen LogP contribution is 2.38. The van der Waals surface area contributed by atoms with Gasteiger partial charge in [-0.05, 0) is 37.0 Å². The summed E-state index contributed by atoms with van der Waals surface area (Å²) < 4.78 is 0. The fraction of sp³-hybridized carbons (Fsp3) is 0.933. The first-order valence-corrected chi connectivity index (χ1v) is 7.65. The Balaban J connectivity index is 1.52. The summed E-state index contributed by atoms with van der Waals surface area (Å²) in [5.74, 6) is 2.64. The topological polar surface area (TPSA) is 23.6 Å². The summed E-state index contributed by atoms with van der Waals surface area (Å²) in [6.07, 6.45) is 5.37. The highest BCUT2D eigenvalue weighted by Gasteiger charge is 2.43. The molecule has 0 bridgehead atoms. The summed E-state index contributed by atoms with van der Waals surface area (Å²) in [6, 6.07) is 0.744. The molecule has 3 aliphatic rings. The molecule has 102 valence electrons. The molecule has 3 fully saturated rings.